The van der Waals surface area contributed by atoms with Crippen LogP contribution in [-0.4, -0.2) is 66.7 Å². The third-order valence-electron chi connectivity index (χ3n) is 6.92. The number of amides is 1. The summed E-state index contributed by atoms with van der Waals surface area (Å²) < 4.78 is 0. The van der Waals surface area contributed by atoms with Crippen molar-refractivity contribution in [2.24, 2.45) is 0 Å². The van der Waals surface area contributed by atoms with E-state index in [4.69, 9.17) is 23.2 Å². The summed E-state index contributed by atoms with van der Waals surface area (Å²) in [5, 5.41) is 4.09. The predicted molar refractivity (Wildman–Crippen MR) is 147 cm³/mol. The van der Waals surface area contributed by atoms with Crippen molar-refractivity contribution in [2.45, 2.75) is 25.9 Å². The quantitative estimate of drug-likeness (QED) is 0.507. The van der Waals surface area contributed by atoms with Gasteiger partial charge < -0.3 is 15.1 Å². The minimum absolute atomic E-state index is 0.246. The van der Waals surface area contributed by atoms with E-state index in [-0.39, 0.29) is 12.6 Å². The van der Waals surface area contributed by atoms with E-state index in [0.717, 1.165) is 18.8 Å². The normalized spacial score (nSPS) is 20.5. The Kier molecular flexibility index (Phi) is 6.68. The van der Waals surface area contributed by atoms with E-state index >= 15 is 0 Å². The number of halogens is 2. The first-order valence-electron chi connectivity index (χ1n) is 11.9. The van der Waals surface area contributed by atoms with Crippen LogP contribution in [0.15, 0.2) is 48.7 Å². The second-order valence-electron chi connectivity index (χ2n) is 9.54. The van der Waals surface area contributed by atoms with E-state index in [9.17, 15) is 4.79 Å². The maximum Gasteiger partial charge on any atom is 0.265 e. The van der Waals surface area contributed by atoms with Crippen molar-refractivity contribution in [3.63, 3.8) is 0 Å². The van der Waals surface area contributed by atoms with Crippen LogP contribution in [0.2, 0.25) is 10.0 Å². The lowest BCUT2D eigenvalue weighted by atomic mass is 10.1. The van der Waals surface area contributed by atoms with Crippen molar-refractivity contribution in [3.05, 3.63) is 64.3 Å². The highest BCUT2D eigenvalue weighted by molar-refractivity contribution is 6.40. The Labute approximate surface area is 221 Å². The molecule has 0 spiro atoms. The molecule has 0 unspecified atom stereocenters. The smallest absolute Gasteiger partial charge is 0.265 e. The van der Waals surface area contributed by atoms with Crippen molar-refractivity contribution in [1.29, 1.82) is 0 Å². The summed E-state index contributed by atoms with van der Waals surface area (Å²) in [6.07, 6.45) is 1.54. The van der Waals surface area contributed by atoms with E-state index in [1.54, 1.807) is 29.3 Å². The molecule has 1 N–H and O–H groups in total. The summed E-state index contributed by atoms with van der Waals surface area (Å²) in [6.45, 7) is 6.81. The molecule has 36 heavy (non-hydrogen) atoms. The van der Waals surface area contributed by atoms with Gasteiger partial charge in [0.05, 0.1) is 22.4 Å². The molecule has 2 aliphatic heterocycles. The van der Waals surface area contributed by atoms with Crippen LogP contribution in [0.1, 0.15) is 24.2 Å². The number of para-hydroxylation sites is 1. The van der Waals surface area contributed by atoms with E-state index in [1.165, 1.54) is 5.69 Å². The molecule has 0 saturated carbocycles. The molecule has 1 saturated heterocycles. The number of carbonyl (C=O) groups is 1. The molecule has 0 bridgehead atoms. The summed E-state index contributed by atoms with van der Waals surface area (Å²) in [6, 6.07) is 14.4. The molecule has 10 heteroatoms. The van der Waals surface area contributed by atoms with Crippen LogP contribution < -0.4 is 20.0 Å². The number of nitrogens with zero attached hydrogens (tertiary/aromatic N) is 6. The van der Waals surface area contributed by atoms with Gasteiger partial charge >= 0.3 is 0 Å². The van der Waals surface area contributed by atoms with Gasteiger partial charge in [-0.1, -0.05) is 29.3 Å². The minimum atomic E-state index is -0.246. The van der Waals surface area contributed by atoms with Crippen LogP contribution in [0.25, 0.3) is 0 Å². The topological polar surface area (TPSA) is 67.8 Å². The molecule has 1 amide bonds. The number of fused-ring (bicyclic) bond motifs is 1. The van der Waals surface area contributed by atoms with Gasteiger partial charge in [-0.05, 0) is 57.3 Å². The fraction of sp³-hybridized carbons (Fsp3) is 0.346. The number of nitrogens with one attached hydrogen (secondary N) is 1. The molecular formula is C26H29Cl2N7O. The van der Waals surface area contributed by atoms with Crippen molar-refractivity contribution >= 4 is 57.9 Å². The molecule has 2 aromatic carbocycles. The van der Waals surface area contributed by atoms with Crippen LogP contribution in [0.3, 0.4) is 0 Å². The number of carbonyl (C=O) groups excluding carboxylic acids is 1. The number of aromatic nitrogens is 2. The molecule has 2 aliphatic rings. The molecule has 3 heterocycles. The number of anilines is 5. The maximum absolute atomic E-state index is 13.3. The highest BCUT2D eigenvalue weighted by Crippen LogP contribution is 2.37. The molecule has 2 atom stereocenters. The minimum Gasteiger partial charge on any atom is -0.366 e. The second-order valence-corrected chi connectivity index (χ2v) is 10.3. The first-order valence-corrected chi connectivity index (χ1v) is 12.7. The van der Waals surface area contributed by atoms with Crippen LogP contribution >= 0.6 is 23.2 Å². The Morgan fingerprint density at radius 3 is 2.36 bits per heavy atom. The standard InChI is InChI=1S/C26H29Cl2N7O/c1-16-14-34(17(2)13-32(16)3)19-10-8-18(9-11-19)30-26-29-12-20-24(31-26)33(4)15-35(25(20)36)23-21(27)6-5-7-22(23)28/h5-12,16-17H,13-15H2,1-4H3,(H,29,30,31)/t16-,17+/m0/s1. The van der Waals surface area contributed by atoms with E-state index in [1.807, 2.05) is 24.1 Å². The lowest BCUT2D eigenvalue weighted by Gasteiger charge is -2.43. The monoisotopic (exact) mass is 525 g/mol. The molecule has 5 rings (SSSR count). The average Bonchev–Trinajstić information content (AvgIpc) is 2.85. The molecule has 0 radical (unpaired) electrons. The number of piperazine rings is 1. The van der Waals surface area contributed by atoms with Gasteiger partial charge in [0.15, 0.2) is 0 Å². The predicted octanol–water partition coefficient (Wildman–Crippen LogP) is 5.11. The Morgan fingerprint density at radius 2 is 1.67 bits per heavy atom. The second kappa shape index (κ2) is 9.76. The Balaban J connectivity index is 1.34. The fourth-order valence-electron chi connectivity index (χ4n) is 4.81. The van der Waals surface area contributed by atoms with Gasteiger partial charge in [0, 0.05) is 49.8 Å². The van der Waals surface area contributed by atoms with Crippen molar-refractivity contribution in [3.8, 4) is 0 Å². The van der Waals surface area contributed by atoms with Gasteiger partial charge in [-0.3, -0.25) is 14.6 Å². The molecular weight excluding hydrogens is 497 g/mol. The van der Waals surface area contributed by atoms with Crippen LogP contribution in [0.5, 0.6) is 0 Å². The largest absolute Gasteiger partial charge is 0.366 e. The molecule has 1 aromatic heterocycles. The summed E-state index contributed by atoms with van der Waals surface area (Å²) in [5.41, 5.74) is 2.94. The molecule has 1 fully saturated rings. The first-order chi connectivity index (χ1) is 17.2. The SMILES string of the molecule is C[C@@H]1CN(C)[C@@H](C)CN1c1ccc(Nc2ncc3c(n2)N(C)CN(c2c(Cl)cccc2Cl)C3=O)cc1. The van der Waals surface area contributed by atoms with Crippen LogP contribution in [0, 0.1) is 0 Å². The lowest BCUT2D eigenvalue weighted by Crippen LogP contribution is -2.55. The van der Waals surface area contributed by atoms with Gasteiger partial charge in [0.2, 0.25) is 5.95 Å². The van der Waals surface area contributed by atoms with Crippen molar-refractivity contribution < 1.29 is 4.79 Å². The third kappa shape index (κ3) is 4.56. The molecule has 0 aliphatic carbocycles. The summed E-state index contributed by atoms with van der Waals surface area (Å²) in [4.78, 5) is 30.6. The summed E-state index contributed by atoms with van der Waals surface area (Å²) in [5.74, 6) is 0.727. The maximum atomic E-state index is 13.3. The number of benzene rings is 2. The zero-order valence-electron chi connectivity index (χ0n) is 20.7. The van der Waals surface area contributed by atoms with Crippen molar-refractivity contribution in [2.75, 3.05) is 53.9 Å². The Bertz CT molecular complexity index is 1270. The van der Waals surface area contributed by atoms with Gasteiger partial charge in [-0.15, -0.1) is 0 Å². The number of hydrogen-bond donors (Lipinski definition) is 1. The third-order valence-corrected chi connectivity index (χ3v) is 7.53. The van der Waals surface area contributed by atoms with Crippen molar-refractivity contribution in [1.82, 2.24) is 14.9 Å². The molecule has 188 valence electrons. The zero-order valence-corrected chi connectivity index (χ0v) is 22.3. The van der Waals surface area contributed by atoms with E-state index in [2.05, 4.69) is 58.1 Å². The average molecular weight is 526 g/mol. The zero-order chi connectivity index (χ0) is 25.6. The number of rotatable bonds is 4. The van der Waals surface area contributed by atoms with Crippen LogP contribution in [0.4, 0.5) is 28.8 Å². The highest BCUT2D eigenvalue weighted by Gasteiger charge is 2.33. The van der Waals surface area contributed by atoms with E-state index < -0.39 is 0 Å². The Morgan fingerprint density at radius 1 is 0.972 bits per heavy atom. The van der Waals surface area contributed by atoms with Gasteiger partial charge in [0.1, 0.15) is 11.4 Å². The summed E-state index contributed by atoms with van der Waals surface area (Å²) >= 11 is 12.7. The van der Waals surface area contributed by atoms with Gasteiger partial charge in [0.25, 0.3) is 5.91 Å². The highest BCUT2D eigenvalue weighted by atomic mass is 35.5. The van der Waals surface area contributed by atoms with E-state index in [0.29, 0.717) is 45.1 Å². The Hall–Kier alpha value is -3.07. The van der Waals surface area contributed by atoms with Gasteiger partial charge in [-0.25, -0.2) is 4.98 Å². The number of hydrogen-bond acceptors (Lipinski definition) is 7. The number of likely N-dealkylation sites (N-methyl/N-ethyl adjacent to an activating group) is 1. The van der Waals surface area contributed by atoms with Gasteiger partial charge in [-0.2, -0.15) is 4.98 Å². The van der Waals surface area contributed by atoms with Crippen LogP contribution in [-0.2, 0) is 0 Å². The first kappa shape index (κ1) is 24.6. The fourth-order valence-corrected chi connectivity index (χ4v) is 5.41. The summed E-state index contributed by atoms with van der Waals surface area (Å²) in [7, 11) is 4.05. The molecule has 8 nitrogen and oxygen atoms in total. The lowest BCUT2D eigenvalue weighted by molar-refractivity contribution is 0.0982. The molecule has 3 aromatic rings.